The van der Waals surface area contributed by atoms with E-state index in [0.717, 1.165) is 17.6 Å². The Hall–Kier alpha value is -1.01. The minimum Gasteiger partial charge on any atom is -0.424 e. The Morgan fingerprint density at radius 3 is 3.22 bits per heavy atom. The van der Waals surface area contributed by atoms with Crippen LogP contribution < -0.4 is 11.1 Å². The molecule has 96 valence electrons. The summed E-state index contributed by atoms with van der Waals surface area (Å²) in [4.78, 5) is 4.38. The molecule has 1 fully saturated rings. The van der Waals surface area contributed by atoms with Crippen LogP contribution in [-0.4, -0.2) is 34.0 Å². The molecule has 0 bridgehead atoms. The van der Waals surface area contributed by atoms with Crippen molar-refractivity contribution >= 4 is 46.3 Å². The fourth-order valence-corrected chi connectivity index (χ4v) is 4.49. The maximum absolute atomic E-state index is 5.72. The van der Waals surface area contributed by atoms with Crippen LogP contribution in [-0.2, 0) is 0 Å². The number of rotatable bonds is 3. The highest BCUT2D eigenvalue weighted by Gasteiger charge is 2.15. The largest absolute Gasteiger partial charge is 0.424 e. The van der Waals surface area contributed by atoms with Crippen molar-refractivity contribution in [3.8, 4) is 0 Å². The number of nitrogens with zero attached hydrogens (tertiary/aromatic N) is 1. The van der Waals surface area contributed by atoms with Gasteiger partial charge >= 0.3 is 0 Å². The lowest BCUT2D eigenvalue weighted by atomic mass is 10.3. The van der Waals surface area contributed by atoms with Gasteiger partial charge in [-0.25, -0.2) is 0 Å². The second kappa shape index (κ2) is 5.32. The van der Waals surface area contributed by atoms with E-state index in [4.69, 9.17) is 10.2 Å². The van der Waals surface area contributed by atoms with Crippen LogP contribution in [0.4, 0.5) is 11.7 Å². The standard InChI is InChI=1S/C12H15N3OS2/c13-8-1-2-11-10(5-8)15-12(16-11)14-6-9-7-17-3-4-18-9/h1-2,5,9H,3-4,6-7,13H2,(H,14,15). The molecule has 0 aliphatic carbocycles. The van der Waals surface area contributed by atoms with Gasteiger partial charge in [0.2, 0.25) is 0 Å². The number of oxazole rings is 1. The van der Waals surface area contributed by atoms with Crippen molar-refractivity contribution in [3.05, 3.63) is 18.2 Å². The van der Waals surface area contributed by atoms with Crippen molar-refractivity contribution in [3.63, 3.8) is 0 Å². The van der Waals surface area contributed by atoms with Gasteiger partial charge in [0.15, 0.2) is 5.58 Å². The third-order valence-corrected chi connectivity index (χ3v) is 5.62. The number of benzene rings is 1. The lowest BCUT2D eigenvalue weighted by molar-refractivity contribution is 0.614. The molecular formula is C12H15N3OS2. The molecule has 3 N–H and O–H groups in total. The first kappa shape index (κ1) is 12.0. The summed E-state index contributed by atoms with van der Waals surface area (Å²) in [6.45, 7) is 0.903. The Labute approximate surface area is 114 Å². The van der Waals surface area contributed by atoms with Crippen molar-refractivity contribution in [1.82, 2.24) is 4.98 Å². The molecule has 1 atom stereocenters. The fourth-order valence-electron chi connectivity index (χ4n) is 1.88. The molecule has 1 aliphatic rings. The van der Waals surface area contributed by atoms with Gasteiger partial charge in [-0.1, -0.05) is 0 Å². The topological polar surface area (TPSA) is 64.1 Å². The number of anilines is 2. The molecular weight excluding hydrogens is 266 g/mol. The summed E-state index contributed by atoms with van der Waals surface area (Å²) in [7, 11) is 0. The number of nitrogen functional groups attached to an aromatic ring is 1. The maximum Gasteiger partial charge on any atom is 0.295 e. The molecule has 0 spiro atoms. The Balaban J connectivity index is 1.67. The molecule has 1 unspecified atom stereocenters. The Morgan fingerprint density at radius 2 is 2.39 bits per heavy atom. The van der Waals surface area contributed by atoms with Gasteiger partial charge in [-0.3, -0.25) is 0 Å². The van der Waals surface area contributed by atoms with Crippen LogP contribution >= 0.6 is 23.5 Å². The molecule has 2 heterocycles. The van der Waals surface area contributed by atoms with E-state index >= 15 is 0 Å². The number of hydrogen-bond donors (Lipinski definition) is 2. The average Bonchev–Trinajstić information content (AvgIpc) is 2.79. The van der Waals surface area contributed by atoms with Gasteiger partial charge in [-0.15, -0.1) is 0 Å². The van der Waals surface area contributed by atoms with Crippen LogP contribution in [0.2, 0.25) is 0 Å². The molecule has 6 heteroatoms. The van der Waals surface area contributed by atoms with Gasteiger partial charge in [0.05, 0.1) is 0 Å². The molecule has 0 saturated carbocycles. The van der Waals surface area contributed by atoms with E-state index in [2.05, 4.69) is 10.3 Å². The van der Waals surface area contributed by atoms with Crippen LogP contribution in [0.3, 0.4) is 0 Å². The quantitative estimate of drug-likeness (QED) is 0.843. The number of thioether (sulfide) groups is 2. The lowest BCUT2D eigenvalue weighted by Gasteiger charge is -2.20. The Bertz CT molecular complexity index is 537. The molecule has 18 heavy (non-hydrogen) atoms. The number of nitrogens with two attached hydrogens (primary N) is 1. The predicted octanol–water partition coefficient (Wildman–Crippen LogP) is 2.67. The van der Waals surface area contributed by atoms with Crippen LogP contribution in [0.15, 0.2) is 22.6 Å². The van der Waals surface area contributed by atoms with Gasteiger partial charge in [0, 0.05) is 34.7 Å². The van der Waals surface area contributed by atoms with Gasteiger partial charge in [0.25, 0.3) is 6.01 Å². The van der Waals surface area contributed by atoms with Crippen LogP contribution in [0.1, 0.15) is 0 Å². The molecule has 1 saturated heterocycles. The molecule has 1 aromatic carbocycles. The van der Waals surface area contributed by atoms with Crippen LogP contribution in [0, 0.1) is 0 Å². The van der Waals surface area contributed by atoms with Gasteiger partial charge in [0.1, 0.15) is 5.52 Å². The third-order valence-electron chi connectivity index (χ3n) is 2.78. The van der Waals surface area contributed by atoms with E-state index in [9.17, 15) is 0 Å². The number of aromatic nitrogens is 1. The van der Waals surface area contributed by atoms with E-state index in [0.29, 0.717) is 17.0 Å². The summed E-state index contributed by atoms with van der Waals surface area (Å²) in [6.07, 6.45) is 0. The molecule has 0 amide bonds. The van der Waals surface area contributed by atoms with E-state index < -0.39 is 0 Å². The average molecular weight is 281 g/mol. The number of hydrogen-bond acceptors (Lipinski definition) is 6. The smallest absolute Gasteiger partial charge is 0.295 e. The monoisotopic (exact) mass is 281 g/mol. The third kappa shape index (κ3) is 2.70. The highest BCUT2D eigenvalue weighted by molar-refractivity contribution is 8.06. The van der Waals surface area contributed by atoms with Gasteiger partial charge in [-0.05, 0) is 18.2 Å². The van der Waals surface area contributed by atoms with Crippen LogP contribution in [0.5, 0.6) is 0 Å². The van der Waals surface area contributed by atoms with Crippen LogP contribution in [0.25, 0.3) is 11.1 Å². The van der Waals surface area contributed by atoms with E-state index in [1.54, 1.807) is 0 Å². The summed E-state index contributed by atoms with van der Waals surface area (Å²) >= 11 is 4.04. The second-order valence-electron chi connectivity index (χ2n) is 4.19. The highest BCUT2D eigenvalue weighted by atomic mass is 32.2. The zero-order chi connectivity index (χ0) is 12.4. The molecule has 2 aromatic rings. The zero-order valence-corrected chi connectivity index (χ0v) is 11.5. The van der Waals surface area contributed by atoms with Gasteiger partial charge in [-0.2, -0.15) is 28.5 Å². The van der Waals surface area contributed by atoms with Crippen molar-refractivity contribution in [2.75, 3.05) is 34.9 Å². The molecule has 3 rings (SSSR count). The second-order valence-corrected chi connectivity index (χ2v) is 6.75. The minimum atomic E-state index is 0.590. The molecule has 4 nitrogen and oxygen atoms in total. The Kier molecular flexibility index (Phi) is 3.56. The van der Waals surface area contributed by atoms with Crippen molar-refractivity contribution < 1.29 is 4.42 Å². The fraction of sp³-hybridized carbons (Fsp3) is 0.417. The van der Waals surface area contributed by atoms with Crippen molar-refractivity contribution in [2.45, 2.75) is 5.25 Å². The maximum atomic E-state index is 5.72. The first-order valence-electron chi connectivity index (χ1n) is 5.90. The first-order chi connectivity index (χ1) is 8.81. The molecule has 0 radical (unpaired) electrons. The predicted molar refractivity (Wildman–Crippen MR) is 80.5 cm³/mol. The lowest BCUT2D eigenvalue weighted by Crippen LogP contribution is -2.23. The zero-order valence-electron chi connectivity index (χ0n) is 9.89. The summed E-state index contributed by atoms with van der Waals surface area (Å²) in [5.41, 5.74) is 8.01. The summed E-state index contributed by atoms with van der Waals surface area (Å²) in [6, 6.07) is 6.10. The van der Waals surface area contributed by atoms with Gasteiger partial charge < -0.3 is 15.5 Å². The van der Waals surface area contributed by atoms with Crippen molar-refractivity contribution in [1.29, 1.82) is 0 Å². The molecule has 1 aliphatic heterocycles. The molecule has 1 aromatic heterocycles. The normalized spacial score (nSPS) is 20.1. The van der Waals surface area contributed by atoms with E-state index in [-0.39, 0.29) is 0 Å². The number of nitrogens with one attached hydrogen (secondary N) is 1. The summed E-state index contributed by atoms with van der Waals surface area (Å²) in [5, 5.41) is 3.91. The van der Waals surface area contributed by atoms with E-state index in [1.807, 2.05) is 41.7 Å². The summed E-state index contributed by atoms with van der Waals surface area (Å²) in [5.74, 6) is 3.70. The Morgan fingerprint density at radius 1 is 1.44 bits per heavy atom. The minimum absolute atomic E-state index is 0.590. The summed E-state index contributed by atoms with van der Waals surface area (Å²) < 4.78 is 5.62. The highest BCUT2D eigenvalue weighted by Crippen LogP contribution is 2.25. The van der Waals surface area contributed by atoms with E-state index in [1.165, 1.54) is 17.3 Å². The first-order valence-corrected chi connectivity index (χ1v) is 8.11. The SMILES string of the molecule is Nc1ccc2oc(NCC3CSCCS3)nc2c1. The van der Waals surface area contributed by atoms with Crippen molar-refractivity contribution in [2.24, 2.45) is 0 Å². The number of fused-ring (bicyclic) bond motifs is 1.